The van der Waals surface area contributed by atoms with Crippen LogP contribution < -0.4 is 0 Å². The van der Waals surface area contributed by atoms with E-state index in [4.69, 9.17) is 0 Å². The Balaban J connectivity index is 1.44. The van der Waals surface area contributed by atoms with Crippen LogP contribution in [0.4, 0.5) is 0 Å². The number of benzene rings is 2. The normalized spacial score (nSPS) is 15.3. The first-order valence-corrected chi connectivity index (χ1v) is 11.9. The molecule has 1 aliphatic heterocycles. The number of hydrogen-bond acceptors (Lipinski definition) is 3. The number of rotatable bonds is 7. The summed E-state index contributed by atoms with van der Waals surface area (Å²) in [4.78, 5) is 34.0. The van der Waals surface area contributed by atoms with Crippen molar-refractivity contribution >= 4 is 17.9 Å². The van der Waals surface area contributed by atoms with Crippen LogP contribution in [0.3, 0.4) is 0 Å². The maximum Gasteiger partial charge on any atom is 0.272 e. The van der Waals surface area contributed by atoms with E-state index in [0.717, 1.165) is 24.8 Å². The van der Waals surface area contributed by atoms with Crippen molar-refractivity contribution in [2.45, 2.75) is 25.3 Å². The van der Waals surface area contributed by atoms with Gasteiger partial charge in [-0.15, -0.1) is 0 Å². The van der Waals surface area contributed by atoms with Gasteiger partial charge in [-0.05, 0) is 54.5 Å². The third kappa shape index (κ3) is 5.98. The Morgan fingerprint density at radius 2 is 1.62 bits per heavy atom. The van der Waals surface area contributed by atoms with Crippen LogP contribution in [0.15, 0.2) is 91.1 Å². The molecule has 34 heavy (non-hydrogen) atoms. The number of likely N-dealkylation sites (N-methyl/N-ethyl adjacent to an activating group) is 1. The molecule has 4 rings (SSSR count). The first-order chi connectivity index (χ1) is 16.6. The Kier molecular flexibility index (Phi) is 7.87. The van der Waals surface area contributed by atoms with Gasteiger partial charge in [0, 0.05) is 38.5 Å². The fourth-order valence-corrected chi connectivity index (χ4v) is 4.64. The van der Waals surface area contributed by atoms with Gasteiger partial charge in [0.1, 0.15) is 5.69 Å². The zero-order valence-electron chi connectivity index (χ0n) is 19.6. The highest BCUT2D eigenvalue weighted by Gasteiger charge is 2.33. The minimum absolute atomic E-state index is 0.0361. The molecule has 1 saturated heterocycles. The Morgan fingerprint density at radius 3 is 2.26 bits per heavy atom. The summed E-state index contributed by atoms with van der Waals surface area (Å²) in [6, 6.07) is 25.6. The van der Waals surface area contributed by atoms with Crippen molar-refractivity contribution in [3.8, 4) is 0 Å². The molecule has 0 spiro atoms. The number of carbonyl (C=O) groups is 2. The molecule has 1 aliphatic rings. The second-order valence-corrected chi connectivity index (χ2v) is 8.79. The average molecular weight is 454 g/mol. The van der Waals surface area contributed by atoms with E-state index in [1.165, 1.54) is 5.56 Å². The molecule has 0 N–H and O–H groups in total. The van der Waals surface area contributed by atoms with E-state index >= 15 is 0 Å². The first kappa shape index (κ1) is 23.4. The SMILES string of the molecule is CN(C(=O)c1ccccn1)[C@H](Cc1ccccc1)C1CCN(C(=O)/C=C/c2ccccc2)CC1. The van der Waals surface area contributed by atoms with E-state index in [-0.39, 0.29) is 17.9 Å². The van der Waals surface area contributed by atoms with Crippen LogP contribution in [-0.2, 0) is 11.2 Å². The largest absolute Gasteiger partial charge is 0.339 e. The Morgan fingerprint density at radius 1 is 0.971 bits per heavy atom. The van der Waals surface area contributed by atoms with Gasteiger partial charge in [0.05, 0.1) is 0 Å². The molecule has 0 saturated carbocycles. The van der Waals surface area contributed by atoms with Gasteiger partial charge in [-0.1, -0.05) is 66.7 Å². The van der Waals surface area contributed by atoms with E-state index in [2.05, 4.69) is 17.1 Å². The molecule has 0 bridgehead atoms. The number of amides is 2. The number of likely N-dealkylation sites (tertiary alicyclic amines) is 1. The summed E-state index contributed by atoms with van der Waals surface area (Å²) in [6.07, 6.45) is 7.69. The van der Waals surface area contributed by atoms with Crippen LogP contribution in [-0.4, -0.2) is 52.8 Å². The van der Waals surface area contributed by atoms with Crippen LogP contribution in [0, 0.1) is 5.92 Å². The summed E-state index contributed by atoms with van der Waals surface area (Å²) < 4.78 is 0. The quantitative estimate of drug-likeness (QED) is 0.487. The summed E-state index contributed by atoms with van der Waals surface area (Å²) in [6.45, 7) is 1.39. The van der Waals surface area contributed by atoms with Crippen molar-refractivity contribution in [1.82, 2.24) is 14.8 Å². The molecular formula is C29H31N3O2. The zero-order chi connectivity index (χ0) is 23.8. The Bertz CT molecular complexity index is 1090. The maximum absolute atomic E-state index is 13.2. The van der Waals surface area contributed by atoms with E-state index in [0.29, 0.717) is 24.7 Å². The minimum Gasteiger partial charge on any atom is -0.339 e. The van der Waals surface area contributed by atoms with Crippen LogP contribution in [0.5, 0.6) is 0 Å². The molecular weight excluding hydrogens is 422 g/mol. The standard InChI is InChI=1S/C29H31N3O2/c1-31(29(34)26-14-8-9-19-30-26)27(22-24-12-6-3-7-13-24)25-17-20-32(21-18-25)28(33)16-15-23-10-4-2-5-11-23/h2-16,19,25,27H,17-18,20-22H2,1H3/b16-15+/t27-/m1/s1. The van der Waals surface area contributed by atoms with Crippen LogP contribution >= 0.6 is 0 Å². The molecule has 2 amide bonds. The molecule has 0 unspecified atom stereocenters. The molecule has 2 heterocycles. The van der Waals surface area contributed by atoms with Crippen LogP contribution in [0.1, 0.15) is 34.5 Å². The second-order valence-electron chi connectivity index (χ2n) is 8.79. The molecule has 174 valence electrons. The third-order valence-corrected chi connectivity index (χ3v) is 6.60. The summed E-state index contributed by atoms with van der Waals surface area (Å²) >= 11 is 0. The van der Waals surface area contributed by atoms with Crippen molar-refractivity contribution < 1.29 is 9.59 Å². The molecule has 1 aromatic heterocycles. The van der Waals surface area contributed by atoms with Gasteiger partial charge in [0.15, 0.2) is 0 Å². The monoisotopic (exact) mass is 453 g/mol. The van der Waals surface area contributed by atoms with E-state index in [1.54, 1.807) is 18.3 Å². The molecule has 1 fully saturated rings. The van der Waals surface area contributed by atoms with Crippen molar-refractivity contribution in [3.05, 3.63) is 108 Å². The predicted molar refractivity (Wildman–Crippen MR) is 135 cm³/mol. The lowest BCUT2D eigenvalue weighted by atomic mass is 9.84. The minimum atomic E-state index is -0.0640. The van der Waals surface area contributed by atoms with Crippen molar-refractivity contribution in [2.75, 3.05) is 20.1 Å². The van der Waals surface area contributed by atoms with Gasteiger partial charge in [-0.25, -0.2) is 0 Å². The van der Waals surface area contributed by atoms with Crippen molar-refractivity contribution in [3.63, 3.8) is 0 Å². The smallest absolute Gasteiger partial charge is 0.272 e. The lowest BCUT2D eigenvalue weighted by molar-refractivity contribution is -0.127. The summed E-state index contributed by atoms with van der Waals surface area (Å²) in [5, 5.41) is 0. The van der Waals surface area contributed by atoms with Crippen molar-refractivity contribution in [1.29, 1.82) is 0 Å². The number of carbonyl (C=O) groups excluding carboxylic acids is 2. The van der Waals surface area contributed by atoms with E-state index in [9.17, 15) is 9.59 Å². The summed E-state index contributed by atoms with van der Waals surface area (Å²) in [7, 11) is 1.88. The van der Waals surface area contributed by atoms with E-state index < -0.39 is 0 Å². The predicted octanol–water partition coefficient (Wildman–Crippen LogP) is 4.72. The fraction of sp³-hybridized carbons (Fsp3) is 0.276. The zero-order valence-corrected chi connectivity index (χ0v) is 19.6. The highest BCUT2D eigenvalue weighted by atomic mass is 16.2. The topological polar surface area (TPSA) is 53.5 Å². The summed E-state index contributed by atoms with van der Waals surface area (Å²) in [5.41, 5.74) is 2.68. The molecule has 1 atom stereocenters. The molecule has 2 aromatic carbocycles. The number of nitrogens with zero attached hydrogens (tertiary/aromatic N) is 3. The Hall–Kier alpha value is -3.73. The number of aromatic nitrogens is 1. The van der Waals surface area contributed by atoms with Gasteiger partial charge < -0.3 is 9.80 Å². The van der Waals surface area contributed by atoms with Gasteiger partial charge >= 0.3 is 0 Å². The number of piperidine rings is 1. The second kappa shape index (κ2) is 11.4. The van der Waals surface area contributed by atoms with Crippen molar-refractivity contribution in [2.24, 2.45) is 5.92 Å². The molecule has 0 radical (unpaired) electrons. The lowest BCUT2D eigenvalue weighted by Gasteiger charge is -2.40. The van der Waals surface area contributed by atoms with Crippen LogP contribution in [0.25, 0.3) is 6.08 Å². The maximum atomic E-state index is 13.2. The number of pyridine rings is 1. The number of hydrogen-bond donors (Lipinski definition) is 0. The first-order valence-electron chi connectivity index (χ1n) is 11.9. The highest BCUT2D eigenvalue weighted by molar-refractivity contribution is 5.92. The Labute approximate surface area is 201 Å². The molecule has 0 aliphatic carbocycles. The van der Waals surface area contributed by atoms with Crippen LogP contribution in [0.2, 0.25) is 0 Å². The summed E-state index contributed by atoms with van der Waals surface area (Å²) in [5.74, 6) is 0.283. The highest BCUT2D eigenvalue weighted by Crippen LogP contribution is 2.27. The van der Waals surface area contributed by atoms with Gasteiger partial charge in [-0.2, -0.15) is 0 Å². The third-order valence-electron chi connectivity index (χ3n) is 6.60. The van der Waals surface area contributed by atoms with E-state index in [1.807, 2.05) is 83.6 Å². The molecule has 3 aromatic rings. The van der Waals surface area contributed by atoms with Gasteiger partial charge in [0.25, 0.3) is 5.91 Å². The van der Waals surface area contributed by atoms with Gasteiger partial charge in [0.2, 0.25) is 5.91 Å². The molecule has 5 nitrogen and oxygen atoms in total. The molecule has 5 heteroatoms. The lowest BCUT2D eigenvalue weighted by Crippen LogP contribution is -2.48. The van der Waals surface area contributed by atoms with Gasteiger partial charge in [-0.3, -0.25) is 14.6 Å². The average Bonchev–Trinajstić information content (AvgIpc) is 2.91. The fourth-order valence-electron chi connectivity index (χ4n) is 4.64.